The molecule has 5 heteroatoms. The topological polar surface area (TPSA) is 60.2 Å². The second kappa shape index (κ2) is 4.09. The third-order valence-electron chi connectivity index (χ3n) is 1.93. The Morgan fingerprint density at radius 2 is 2.13 bits per heavy atom. The maximum absolute atomic E-state index is 11.5. The van der Waals surface area contributed by atoms with Gasteiger partial charge in [0.05, 0.1) is 4.43 Å². The fraction of sp³-hybridized carbons (Fsp3) is 0.100. The van der Waals surface area contributed by atoms with Crippen LogP contribution in [0.5, 0.6) is 0 Å². The first kappa shape index (κ1) is 10.3. The van der Waals surface area contributed by atoms with Crippen LogP contribution >= 0.6 is 22.6 Å². The Morgan fingerprint density at radius 3 is 2.87 bits per heavy atom. The number of alkyl halides is 1. The predicted molar refractivity (Wildman–Crippen MR) is 63.5 cm³/mol. The molecule has 1 aromatic carbocycles. The van der Waals surface area contributed by atoms with Gasteiger partial charge >= 0.3 is 5.76 Å². The van der Waals surface area contributed by atoms with E-state index in [0.29, 0.717) is 11.0 Å². The third-order valence-corrected chi connectivity index (χ3v) is 2.62. The molecule has 1 aromatic heterocycles. The Labute approximate surface area is 98.5 Å². The summed E-state index contributed by atoms with van der Waals surface area (Å²) in [6.45, 7) is 0. The molecule has 0 N–H and O–H groups in total. The van der Waals surface area contributed by atoms with E-state index in [-0.39, 0.29) is 15.9 Å². The molecule has 4 nitrogen and oxygen atoms in total. The molecule has 0 aliphatic heterocycles. The summed E-state index contributed by atoms with van der Waals surface area (Å²) in [5, 5.41) is 0.582. The lowest BCUT2D eigenvalue weighted by Crippen LogP contribution is -2.13. The average molecular weight is 315 g/mol. The molecule has 1 heterocycles. The Balaban J connectivity index is 2.82. The highest BCUT2D eigenvalue weighted by molar-refractivity contribution is 14.1. The van der Waals surface area contributed by atoms with Gasteiger partial charge in [0.25, 0.3) is 0 Å². The summed E-state index contributed by atoms with van der Waals surface area (Å²) in [5.41, 5.74) is 0.585. The lowest BCUT2D eigenvalue weighted by Gasteiger charge is -2.00. The van der Waals surface area contributed by atoms with E-state index in [9.17, 15) is 9.59 Å². The van der Waals surface area contributed by atoms with E-state index in [4.69, 9.17) is 4.42 Å². The van der Waals surface area contributed by atoms with E-state index in [1.165, 1.54) is 0 Å². The normalized spacial score (nSPS) is 10.5. The molecule has 2 rings (SSSR count). The largest absolute Gasteiger partial charge is 0.439 e. The van der Waals surface area contributed by atoms with E-state index in [1.54, 1.807) is 24.3 Å². The molecule has 0 bridgehead atoms. The fourth-order valence-corrected chi connectivity index (χ4v) is 1.66. The maximum atomic E-state index is 11.5. The summed E-state index contributed by atoms with van der Waals surface area (Å²) in [6.07, 6.45) is 0. The van der Waals surface area contributed by atoms with Gasteiger partial charge in [0.1, 0.15) is 11.3 Å². The van der Waals surface area contributed by atoms with E-state index >= 15 is 0 Å². The summed E-state index contributed by atoms with van der Waals surface area (Å²) in [5.74, 6) is -0.901. The Bertz CT molecular complexity index is 576. The number of aromatic nitrogens is 1. The molecular weight excluding hydrogens is 309 g/mol. The summed E-state index contributed by atoms with van der Waals surface area (Å²) in [6, 6.07) is 6.87. The van der Waals surface area contributed by atoms with Crippen LogP contribution in [-0.2, 0) is 0 Å². The van der Waals surface area contributed by atoms with Crippen LogP contribution in [0.2, 0.25) is 0 Å². The van der Waals surface area contributed by atoms with E-state index in [1.807, 2.05) is 22.6 Å². The van der Waals surface area contributed by atoms with Gasteiger partial charge in [-0.2, -0.15) is 4.98 Å². The van der Waals surface area contributed by atoms with Crippen LogP contribution in [0.1, 0.15) is 10.5 Å². The molecular formula is C10H6INO3. The van der Waals surface area contributed by atoms with Gasteiger partial charge in [-0.1, -0.05) is 34.7 Å². The highest BCUT2D eigenvalue weighted by Gasteiger charge is 2.12. The van der Waals surface area contributed by atoms with Crippen molar-refractivity contribution in [3.8, 4) is 0 Å². The van der Waals surface area contributed by atoms with Crippen LogP contribution in [-0.4, -0.2) is 15.2 Å². The second-order valence-corrected chi connectivity index (χ2v) is 3.64. The van der Waals surface area contributed by atoms with E-state index < -0.39 is 5.76 Å². The van der Waals surface area contributed by atoms with Crippen molar-refractivity contribution < 1.29 is 9.21 Å². The first-order chi connectivity index (χ1) is 7.22. The van der Waals surface area contributed by atoms with Crippen molar-refractivity contribution in [2.24, 2.45) is 0 Å². The lowest BCUT2D eigenvalue weighted by molar-refractivity contribution is 0.102. The van der Waals surface area contributed by atoms with Gasteiger partial charge in [0.15, 0.2) is 5.78 Å². The zero-order chi connectivity index (χ0) is 10.8. The number of para-hydroxylation sites is 1. The molecule has 0 saturated carbocycles. The van der Waals surface area contributed by atoms with Crippen LogP contribution in [0.4, 0.5) is 0 Å². The molecule has 0 aliphatic rings. The number of benzene rings is 1. The minimum Gasteiger partial charge on any atom is -0.408 e. The van der Waals surface area contributed by atoms with Gasteiger partial charge in [0, 0.05) is 5.39 Å². The number of rotatable bonds is 2. The lowest BCUT2D eigenvalue weighted by atomic mass is 10.1. The van der Waals surface area contributed by atoms with Crippen LogP contribution in [0.15, 0.2) is 33.5 Å². The number of ketones is 1. The second-order valence-electron chi connectivity index (χ2n) is 2.88. The molecule has 15 heavy (non-hydrogen) atoms. The van der Waals surface area contributed by atoms with Crippen molar-refractivity contribution in [3.05, 3.63) is 40.5 Å². The van der Waals surface area contributed by atoms with Crippen molar-refractivity contribution in [1.29, 1.82) is 0 Å². The molecule has 2 aromatic rings. The van der Waals surface area contributed by atoms with Gasteiger partial charge in [-0.15, -0.1) is 0 Å². The standard InChI is InChI=1S/C10H6INO3/c11-5-7(13)9-6-3-1-2-4-8(6)15-10(14)12-9/h1-4H,5H2. The fourth-order valence-electron chi connectivity index (χ4n) is 1.30. The highest BCUT2D eigenvalue weighted by Crippen LogP contribution is 2.15. The summed E-state index contributed by atoms with van der Waals surface area (Å²) in [7, 11) is 0. The molecule has 76 valence electrons. The highest BCUT2D eigenvalue weighted by atomic mass is 127. The van der Waals surface area contributed by atoms with Crippen LogP contribution in [0, 0.1) is 0 Å². The predicted octanol–water partition coefficient (Wildman–Crippen LogP) is 1.81. The Hall–Kier alpha value is -1.24. The maximum Gasteiger partial charge on any atom is 0.439 e. The Morgan fingerprint density at radius 1 is 1.40 bits per heavy atom. The summed E-state index contributed by atoms with van der Waals surface area (Å²) in [4.78, 5) is 26.2. The van der Waals surface area contributed by atoms with Crippen molar-refractivity contribution in [1.82, 2.24) is 4.98 Å². The van der Waals surface area contributed by atoms with Gasteiger partial charge < -0.3 is 4.42 Å². The third kappa shape index (κ3) is 1.92. The molecule has 0 amide bonds. The van der Waals surface area contributed by atoms with Crippen molar-refractivity contribution in [2.45, 2.75) is 0 Å². The summed E-state index contributed by atoms with van der Waals surface area (Å²) >= 11 is 1.94. The molecule has 0 radical (unpaired) electrons. The number of fused-ring (bicyclic) bond motifs is 1. The zero-order valence-corrected chi connectivity index (χ0v) is 9.72. The first-order valence-electron chi connectivity index (χ1n) is 4.21. The number of nitrogens with zero attached hydrogens (tertiary/aromatic N) is 1. The Kier molecular flexibility index (Phi) is 2.81. The SMILES string of the molecule is O=C(CI)c1nc(=O)oc2ccccc12. The van der Waals surface area contributed by atoms with Gasteiger partial charge in [-0.25, -0.2) is 4.79 Å². The van der Waals surface area contributed by atoms with Gasteiger partial charge in [-0.3, -0.25) is 4.79 Å². The average Bonchev–Trinajstić information content (AvgIpc) is 2.26. The monoisotopic (exact) mass is 315 g/mol. The minimum atomic E-state index is -0.734. The quantitative estimate of drug-likeness (QED) is 0.482. The van der Waals surface area contributed by atoms with Crippen LogP contribution < -0.4 is 5.76 Å². The van der Waals surface area contributed by atoms with Crippen LogP contribution in [0.25, 0.3) is 11.0 Å². The molecule has 0 aliphatic carbocycles. The summed E-state index contributed by atoms with van der Waals surface area (Å²) < 4.78 is 5.17. The smallest absolute Gasteiger partial charge is 0.408 e. The number of carbonyl (C=O) groups excluding carboxylic acids is 1. The molecule has 0 unspecified atom stereocenters. The number of Topliss-reactive ketones (excluding diaryl/α,β-unsaturated/α-hetero) is 1. The number of hydrogen-bond acceptors (Lipinski definition) is 4. The zero-order valence-electron chi connectivity index (χ0n) is 7.57. The molecule has 0 fully saturated rings. The van der Waals surface area contributed by atoms with Crippen molar-refractivity contribution in [2.75, 3.05) is 4.43 Å². The number of carbonyl (C=O) groups is 1. The van der Waals surface area contributed by atoms with E-state index in [0.717, 1.165) is 0 Å². The first-order valence-corrected chi connectivity index (χ1v) is 5.74. The van der Waals surface area contributed by atoms with Crippen molar-refractivity contribution in [3.63, 3.8) is 0 Å². The molecule has 0 spiro atoms. The molecule has 0 atom stereocenters. The van der Waals surface area contributed by atoms with Gasteiger partial charge in [-0.05, 0) is 12.1 Å². The minimum absolute atomic E-state index is 0.167. The number of halogens is 1. The van der Waals surface area contributed by atoms with Crippen molar-refractivity contribution >= 4 is 39.3 Å². The van der Waals surface area contributed by atoms with Crippen LogP contribution in [0.3, 0.4) is 0 Å². The van der Waals surface area contributed by atoms with E-state index in [2.05, 4.69) is 4.98 Å². The van der Waals surface area contributed by atoms with Gasteiger partial charge in [0.2, 0.25) is 0 Å². The molecule has 0 saturated heterocycles. The number of hydrogen-bond donors (Lipinski definition) is 0.